The van der Waals surface area contributed by atoms with Crippen molar-refractivity contribution in [2.45, 2.75) is 6.92 Å². The summed E-state index contributed by atoms with van der Waals surface area (Å²) in [6.45, 7) is 1.66. The number of aromatic carboxylic acids is 1. The van der Waals surface area contributed by atoms with Crippen LogP contribution in [0.1, 0.15) is 15.9 Å². The molecule has 0 heterocycles. The normalized spacial score (nSPS) is 9.38. The summed E-state index contributed by atoms with van der Waals surface area (Å²) in [4.78, 5) is 10.6. The Morgan fingerprint density at radius 2 is 2.23 bits per heavy atom. The van der Waals surface area contributed by atoms with Crippen molar-refractivity contribution in [2.75, 3.05) is 0 Å². The van der Waals surface area contributed by atoms with Gasteiger partial charge in [-0.05, 0) is 30.7 Å². The van der Waals surface area contributed by atoms with E-state index in [1.165, 1.54) is 18.2 Å². The van der Waals surface area contributed by atoms with Crippen LogP contribution in [0.3, 0.4) is 0 Å². The molecule has 0 amide bonds. The molecule has 0 saturated heterocycles. The highest BCUT2D eigenvalue weighted by atomic mass is 16.5. The van der Waals surface area contributed by atoms with E-state index in [4.69, 9.17) is 10.1 Å². The molecule has 0 aliphatic carbocycles. The first kappa shape index (κ1) is 9.60. The average Bonchev–Trinajstić information content (AvgIpc) is 2.04. The Morgan fingerprint density at radius 1 is 1.54 bits per heavy atom. The van der Waals surface area contributed by atoms with Crippen molar-refractivity contribution in [1.29, 1.82) is 0 Å². The monoisotopic (exact) mass is 179 g/mol. The number of rotatable bonds is 3. The van der Waals surface area contributed by atoms with Gasteiger partial charge in [0.15, 0.2) is 0 Å². The largest absolute Gasteiger partial charge is 0.569 e. The molecule has 1 aromatic rings. The number of carboxylic acid groups (broad SMARTS) is 1. The molecule has 1 aromatic carbocycles. The first-order chi connectivity index (χ1) is 6.15. The van der Waals surface area contributed by atoms with Gasteiger partial charge in [0.25, 0.3) is 0 Å². The lowest BCUT2D eigenvalue weighted by molar-refractivity contribution is 0.0696. The van der Waals surface area contributed by atoms with Gasteiger partial charge in [-0.25, -0.2) is 4.79 Å². The first-order valence-corrected chi connectivity index (χ1v) is 3.61. The number of carboxylic acids is 1. The average molecular weight is 179 g/mol. The molecule has 1 rings (SSSR count). The number of hydrogen-bond donors (Lipinski definition) is 2. The fourth-order valence-corrected chi connectivity index (χ4v) is 1.01. The predicted molar refractivity (Wildman–Crippen MR) is 46.7 cm³/mol. The molecule has 0 saturated carbocycles. The second-order valence-electron chi connectivity index (χ2n) is 2.51. The smallest absolute Gasteiger partial charge is 0.537 e. The van der Waals surface area contributed by atoms with Crippen molar-refractivity contribution >= 4 is 13.7 Å². The van der Waals surface area contributed by atoms with E-state index in [2.05, 4.69) is 4.65 Å². The van der Waals surface area contributed by atoms with Gasteiger partial charge in [-0.1, -0.05) is 0 Å². The molecule has 5 heteroatoms. The molecule has 0 fully saturated rings. The molecule has 0 bridgehead atoms. The summed E-state index contributed by atoms with van der Waals surface area (Å²) in [5.74, 6) is -0.568. The van der Waals surface area contributed by atoms with Crippen LogP contribution in [0.15, 0.2) is 18.2 Å². The third kappa shape index (κ3) is 2.22. The number of benzene rings is 1. The summed E-state index contributed by atoms with van der Waals surface area (Å²) in [7, 11) is 0.551. The molecule has 0 aliphatic rings. The van der Waals surface area contributed by atoms with Gasteiger partial charge in [0.1, 0.15) is 5.75 Å². The Kier molecular flexibility index (Phi) is 2.92. The predicted octanol–water partition coefficient (Wildman–Crippen LogP) is 0.599. The molecular formula is C8H8BO4. The van der Waals surface area contributed by atoms with Gasteiger partial charge < -0.3 is 14.8 Å². The highest BCUT2D eigenvalue weighted by Gasteiger charge is 2.07. The molecule has 0 spiro atoms. The summed E-state index contributed by atoms with van der Waals surface area (Å²) in [6, 6.07) is 4.44. The van der Waals surface area contributed by atoms with Gasteiger partial charge in [-0.2, -0.15) is 0 Å². The number of carbonyl (C=O) groups is 1. The van der Waals surface area contributed by atoms with Crippen molar-refractivity contribution in [3.8, 4) is 5.75 Å². The van der Waals surface area contributed by atoms with Crippen LogP contribution in [0, 0.1) is 6.92 Å². The Morgan fingerprint density at radius 3 is 2.69 bits per heavy atom. The van der Waals surface area contributed by atoms with Gasteiger partial charge in [0.05, 0.1) is 5.56 Å². The van der Waals surface area contributed by atoms with Crippen LogP contribution in [0.25, 0.3) is 0 Å². The number of hydrogen-bond acceptors (Lipinski definition) is 3. The zero-order valence-electron chi connectivity index (χ0n) is 7.02. The molecule has 67 valence electrons. The Hall–Kier alpha value is -1.49. The van der Waals surface area contributed by atoms with E-state index in [0.29, 0.717) is 19.0 Å². The quantitative estimate of drug-likeness (QED) is 0.666. The van der Waals surface area contributed by atoms with Gasteiger partial charge >= 0.3 is 13.7 Å². The van der Waals surface area contributed by atoms with E-state index >= 15 is 0 Å². The van der Waals surface area contributed by atoms with E-state index in [1.54, 1.807) is 6.92 Å². The molecule has 0 aliphatic heterocycles. The van der Waals surface area contributed by atoms with Crippen LogP contribution in [0.5, 0.6) is 5.75 Å². The lowest BCUT2D eigenvalue weighted by Crippen LogP contribution is -2.03. The summed E-state index contributed by atoms with van der Waals surface area (Å²) < 4.78 is 4.66. The van der Waals surface area contributed by atoms with Crippen LogP contribution in [0.2, 0.25) is 0 Å². The fraction of sp³-hybridized carbons (Fsp3) is 0.125. The highest BCUT2D eigenvalue weighted by molar-refractivity contribution is 6.17. The molecule has 13 heavy (non-hydrogen) atoms. The fourth-order valence-electron chi connectivity index (χ4n) is 1.01. The van der Waals surface area contributed by atoms with Crippen molar-refractivity contribution in [1.82, 2.24) is 0 Å². The summed E-state index contributed by atoms with van der Waals surface area (Å²) in [6.07, 6.45) is 0. The Bertz CT molecular complexity index is 324. The van der Waals surface area contributed by atoms with Gasteiger partial charge in [-0.15, -0.1) is 0 Å². The van der Waals surface area contributed by atoms with E-state index < -0.39 is 5.97 Å². The highest BCUT2D eigenvalue weighted by Crippen LogP contribution is 2.16. The van der Waals surface area contributed by atoms with Crippen LogP contribution in [0.4, 0.5) is 0 Å². The number of aryl methyl sites for hydroxylation is 1. The van der Waals surface area contributed by atoms with Gasteiger partial charge in [0.2, 0.25) is 0 Å². The zero-order valence-corrected chi connectivity index (χ0v) is 7.02. The third-order valence-electron chi connectivity index (χ3n) is 1.62. The maximum absolute atomic E-state index is 10.6. The van der Waals surface area contributed by atoms with E-state index in [0.717, 1.165) is 0 Å². The van der Waals surface area contributed by atoms with Crippen molar-refractivity contribution in [3.05, 3.63) is 29.3 Å². The first-order valence-electron chi connectivity index (χ1n) is 3.61. The summed E-state index contributed by atoms with van der Waals surface area (Å²) in [5, 5.41) is 17.0. The second kappa shape index (κ2) is 3.95. The summed E-state index contributed by atoms with van der Waals surface area (Å²) in [5.41, 5.74) is 0.817. The van der Waals surface area contributed by atoms with Crippen molar-refractivity contribution in [2.24, 2.45) is 0 Å². The Labute approximate surface area is 76.1 Å². The molecule has 2 N–H and O–H groups in total. The van der Waals surface area contributed by atoms with E-state index in [9.17, 15) is 4.79 Å². The Balaban J connectivity index is 2.98. The van der Waals surface area contributed by atoms with E-state index in [-0.39, 0.29) is 5.56 Å². The minimum absolute atomic E-state index is 0.227. The SMILES string of the molecule is Cc1cc(O[B]O)ccc1C(=O)O. The van der Waals surface area contributed by atoms with Crippen LogP contribution >= 0.6 is 0 Å². The molecule has 1 radical (unpaired) electrons. The second-order valence-corrected chi connectivity index (χ2v) is 2.51. The lowest BCUT2D eigenvalue weighted by Gasteiger charge is -2.04. The minimum Gasteiger partial charge on any atom is -0.537 e. The molecule has 4 nitrogen and oxygen atoms in total. The summed E-state index contributed by atoms with van der Waals surface area (Å²) >= 11 is 0. The van der Waals surface area contributed by atoms with E-state index in [1.807, 2.05) is 0 Å². The van der Waals surface area contributed by atoms with Gasteiger partial charge in [0, 0.05) is 0 Å². The van der Waals surface area contributed by atoms with Crippen molar-refractivity contribution in [3.63, 3.8) is 0 Å². The molecule has 0 atom stereocenters. The van der Waals surface area contributed by atoms with Gasteiger partial charge in [-0.3, -0.25) is 0 Å². The lowest BCUT2D eigenvalue weighted by atomic mass is 10.1. The van der Waals surface area contributed by atoms with Crippen LogP contribution in [-0.2, 0) is 0 Å². The van der Waals surface area contributed by atoms with Crippen LogP contribution in [-0.4, -0.2) is 23.8 Å². The topological polar surface area (TPSA) is 66.8 Å². The standard InChI is InChI=1S/C8H8BO4/c1-5-4-6(13-9-12)2-3-7(5)8(10)11/h2-4,12H,1H3,(H,10,11). The van der Waals surface area contributed by atoms with Crippen LogP contribution < -0.4 is 4.65 Å². The third-order valence-corrected chi connectivity index (χ3v) is 1.62. The molecule has 0 aromatic heterocycles. The maximum Gasteiger partial charge on any atom is 0.569 e. The maximum atomic E-state index is 10.6. The minimum atomic E-state index is -0.975. The molecular weight excluding hydrogens is 171 g/mol. The zero-order chi connectivity index (χ0) is 9.84. The van der Waals surface area contributed by atoms with Crippen molar-refractivity contribution < 1.29 is 19.6 Å². The molecule has 0 unspecified atom stereocenters.